The van der Waals surface area contributed by atoms with E-state index >= 15 is 0 Å². The summed E-state index contributed by atoms with van der Waals surface area (Å²) < 4.78 is 0. The monoisotopic (exact) mass is 288 g/mol. The van der Waals surface area contributed by atoms with Gasteiger partial charge >= 0.3 is 0 Å². The zero-order chi connectivity index (χ0) is 13.5. The SMILES string of the molecule is CC(C)CNC(=O)CCNc1cc(Cl)ccc1Cl. The topological polar surface area (TPSA) is 41.1 Å². The standard InChI is InChI=1S/C13H18Cl2N2O/c1-9(2)8-17-13(18)5-6-16-12-7-10(14)3-4-11(12)15/h3-4,7,9,16H,5-6,8H2,1-2H3,(H,17,18). The minimum Gasteiger partial charge on any atom is -0.383 e. The number of amides is 1. The fraction of sp³-hybridized carbons (Fsp3) is 0.462. The van der Waals surface area contributed by atoms with Crippen LogP contribution in [-0.4, -0.2) is 19.0 Å². The van der Waals surface area contributed by atoms with Crippen LogP contribution in [0.5, 0.6) is 0 Å². The number of hydrogen-bond acceptors (Lipinski definition) is 2. The van der Waals surface area contributed by atoms with Crippen molar-refractivity contribution < 1.29 is 4.79 Å². The van der Waals surface area contributed by atoms with Crippen LogP contribution in [0.25, 0.3) is 0 Å². The molecule has 0 unspecified atom stereocenters. The Bertz CT molecular complexity index is 408. The summed E-state index contributed by atoms with van der Waals surface area (Å²) in [6.07, 6.45) is 0.412. The van der Waals surface area contributed by atoms with Crippen LogP contribution in [0.3, 0.4) is 0 Å². The average molecular weight is 289 g/mol. The van der Waals surface area contributed by atoms with Crippen LogP contribution < -0.4 is 10.6 Å². The van der Waals surface area contributed by atoms with Crippen molar-refractivity contribution >= 4 is 34.8 Å². The van der Waals surface area contributed by atoms with E-state index in [1.165, 1.54) is 0 Å². The van der Waals surface area contributed by atoms with Crippen molar-refractivity contribution in [1.29, 1.82) is 0 Å². The molecule has 0 radical (unpaired) electrons. The molecular weight excluding hydrogens is 271 g/mol. The van der Waals surface area contributed by atoms with E-state index in [-0.39, 0.29) is 5.91 Å². The molecule has 1 aromatic rings. The van der Waals surface area contributed by atoms with Crippen LogP contribution in [0, 0.1) is 5.92 Å². The highest BCUT2D eigenvalue weighted by Crippen LogP contribution is 2.25. The van der Waals surface area contributed by atoms with Crippen molar-refractivity contribution in [2.24, 2.45) is 5.92 Å². The van der Waals surface area contributed by atoms with Gasteiger partial charge in [0.2, 0.25) is 5.91 Å². The first-order valence-corrected chi connectivity index (χ1v) is 6.70. The van der Waals surface area contributed by atoms with Gasteiger partial charge in [0.15, 0.2) is 0 Å². The van der Waals surface area contributed by atoms with Crippen LogP contribution in [0.2, 0.25) is 10.0 Å². The Hall–Kier alpha value is -0.930. The third-order valence-electron chi connectivity index (χ3n) is 2.30. The van der Waals surface area contributed by atoms with Crippen molar-refractivity contribution in [3.8, 4) is 0 Å². The Morgan fingerprint density at radius 3 is 2.72 bits per heavy atom. The number of benzene rings is 1. The summed E-state index contributed by atoms with van der Waals surface area (Å²) in [5, 5.41) is 7.17. The summed E-state index contributed by atoms with van der Waals surface area (Å²) in [6.45, 7) is 5.36. The Morgan fingerprint density at radius 1 is 1.33 bits per heavy atom. The highest BCUT2D eigenvalue weighted by Gasteiger charge is 2.04. The Balaban J connectivity index is 2.33. The second kappa shape index (κ2) is 7.49. The fourth-order valence-electron chi connectivity index (χ4n) is 1.35. The third-order valence-corrected chi connectivity index (χ3v) is 2.87. The summed E-state index contributed by atoms with van der Waals surface area (Å²) in [6, 6.07) is 5.20. The van der Waals surface area contributed by atoms with Gasteiger partial charge in [0.1, 0.15) is 0 Å². The van der Waals surface area contributed by atoms with Crippen molar-refractivity contribution in [1.82, 2.24) is 5.32 Å². The molecular formula is C13H18Cl2N2O. The fourth-order valence-corrected chi connectivity index (χ4v) is 1.71. The summed E-state index contributed by atoms with van der Waals surface area (Å²) in [5.41, 5.74) is 0.751. The smallest absolute Gasteiger partial charge is 0.221 e. The number of anilines is 1. The van der Waals surface area contributed by atoms with E-state index in [4.69, 9.17) is 23.2 Å². The summed E-state index contributed by atoms with van der Waals surface area (Å²) >= 11 is 11.9. The Kier molecular flexibility index (Phi) is 6.30. The van der Waals surface area contributed by atoms with E-state index in [0.717, 1.165) is 5.69 Å². The molecule has 2 N–H and O–H groups in total. The minimum absolute atomic E-state index is 0.0364. The molecule has 0 aromatic heterocycles. The van der Waals surface area contributed by atoms with E-state index in [1.807, 2.05) is 0 Å². The molecule has 1 amide bonds. The van der Waals surface area contributed by atoms with Crippen molar-refractivity contribution in [3.63, 3.8) is 0 Å². The molecule has 1 aromatic carbocycles. The minimum atomic E-state index is 0.0364. The van der Waals surface area contributed by atoms with Crippen molar-refractivity contribution in [2.75, 3.05) is 18.4 Å². The van der Waals surface area contributed by atoms with Gasteiger partial charge < -0.3 is 10.6 Å². The second-order valence-corrected chi connectivity index (χ2v) is 5.34. The molecule has 0 saturated carbocycles. The predicted molar refractivity (Wildman–Crippen MR) is 77.4 cm³/mol. The molecule has 0 spiro atoms. The normalized spacial score (nSPS) is 10.5. The average Bonchev–Trinajstić information content (AvgIpc) is 2.31. The van der Waals surface area contributed by atoms with Gasteiger partial charge in [0, 0.05) is 24.5 Å². The van der Waals surface area contributed by atoms with Crippen LogP contribution in [0.4, 0.5) is 5.69 Å². The van der Waals surface area contributed by atoms with Crippen LogP contribution in [0.1, 0.15) is 20.3 Å². The predicted octanol–water partition coefficient (Wildman–Crippen LogP) is 3.57. The molecule has 5 heteroatoms. The summed E-state index contributed by atoms with van der Waals surface area (Å²) in [4.78, 5) is 11.5. The zero-order valence-electron chi connectivity index (χ0n) is 10.6. The molecule has 3 nitrogen and oxygen atoms in total. The van der Waals surface area contributed by atoms with E-state index in [2.05, 4.69) is 24.5 Å². The van der Waals surface area contributed by atoms with E-state index < -0.39 is 0 Å². The van der Waals surface area contributed by atoms with Crippen LogP contribution in [-0.2, 0) is 4.79 Å². The van der Waals surface area contributed by atoms with Gasteiger partial charge in [-0.1, -0.05) is 37.0 Å². The summed E-state index contributed by atoms with van der Waals surface area (Å²) in [5.74, 6) is 0.499. The van der Waals surface area contributed by atoms with Gasteiger partial charge in [-0.05, 0) is 24.1 Å². The van der Waals surface area contributed by atoms with Crippen LogP contribution >= 0.6 is 23.2 Å². The molecule has 100 valence electrons. The number of carbonyl (C=O) groups excluding carboxylic acids is 1. The lowest BCUT2D eigenvalue weighted by Gasteiger charge is -2.10. The van der Waals surface area contributed by atoms with Gasteiger partial charge in [-0.15, -0.1) is 0 Å². The summed E-state index contributed by atoms with van der Waals surface area (Å²) in [7, 11) is 0. The Morgan fingerprint density at radius 2 is 2.06 bits per heavy atom. The van der Waals surface area contributed by atoms with Gasteiger partial charge in [0.25, 0.3) is 0 Å². The molecule has 18 heavy (non-hydrogen) atoms. The maximum absolute atomic E-state index is 11.5. The van der Waals surface area contributed by atoms with Gasteiger partial charge in [0.05, 0.1) is 10.7 Å². The lowest BCUT2D eigenvalue weighted by molar-refractivity contribution is -0.120. The largest absolute Gasteiger partial charge is 0.383 e. The molecule has 0 heterocycles. The first-order chi connectivity index (χ1) is 8.49. The maximum atomic E-state index is 11.5. The number of hydrogen-bond donors (Lipinski definition) is 2. The molecule has 0 aliphatic heterocycles. The number of nitrogens with one attached hydrogen (secondary N) is 2. The molecule has 0 aliphatic carbocycles. The lowest BCUT2D eigenvalue weighted by atomic mass is 10.2. The maximum Gasteiger partial charge on any atom is 0.221 e. The van der Waals surface area contributed by atoms with Crippen molar-refractivity contribution in [3.05, 3.63) is 28.2 Å². The lowest BCUT2D eigenvalue weighted by Crippen LogP contribution is -2.28. The molecule has 0 aliphatic rings. The first-order valence-electron chi connectivity index (χ1n) is 5.94. The third kappa shape index (κ3) is 5.61. The molecule has 0 saturated heterocycles. The van der Waals surface area contributed by atoms with E-state index in [0.29, 0.717) is 35.5 Å². The molecule has 0 fully saturated rings. The quantitative estimate of drug-likeness (QED) is 0.840. The van der Waals surface area contributed by atoms with Gasteiger partial charge in [-0.2, -0.15) is 0 Å². The van der Waals surface area contributed by atoms with Crippen molar-refractivity contribution in [2.45, 2.75) is 20.3 Å². The highest BCUT2D eigenvalue weighted by atomic mass is 35.5. The van der Waals surface area contributed by atoms with Gasteiger partial charge in [-0.25, -0.2) is 0 Å². The molecule has 0 bridgehead atoms. The van der Waals surface area contributed by atoms with E-state index in [9.17, 15) is 4.79 Å². The molecule has 0 atom stereocenters. The van der Waals surface area contributed by atoms with E-state index in [1.54, 1.807) is 18.2 Å². The highest BCUT2D eigenvalue weighted by molar-refractivity contribution is 6.35. The van der Waals surface area contributed by atoms with Gasteiger partial charge in [-0.3, -0.25) is 4.79 Å². The molecule has 1 rings (SSSR count). The Labute approximate surface area is 118 Å². The number of rotatable bonds is 6. The zero-order valence-corrected chi connectivity index (χ0v) is 12.1. The second-order valence-electron chi connectivity index (χ2n) is 4.50. The number of carbonyl (C=O) groups is 1. The first kappa shape index (κ1) is 15.1. The number of halogens is 2. The van der Waals surface area contributed by atoms with Crippen LogP contribution in [0.15, 0.2) is 18.2 Å².